The third-order valence-corrected chi connectivity index (χ3v) is 3.55. The van der Waals surface area contributed by atoms with Crippen LogP contribution in [-0.4, -0.2) is 5.78 Å². The van der Waals surface area contributed by atoms with Gasteiger partial charge >= 0.3 is 0 Å². The van der Waals surface area contributed by atoms with Crippen LogP contribution in [0.4, 0.5) is 0 Å². The molecule has 0 N–H and O–H groups in total. The minimum atomic E-state index is 0.376. The number of Topliss-reactive ketones (excluding diaryl/α,β-unsaturated/α-hetero) is 1. The van der Waals surface area contributed by atoms with Crippen LogP contribution < -0.4 is 0 Å². The summed E-state index contributed by atoms with van der Waals surface area (Å²) < 4.78 is 0. The molecule has 0 heterocycles. The van der Waals surface area contributed by atoms with Gasteiger partial charge in [0, 0.05) is 6.42 Å². The SMILES string of the molecule is CC1=C(CCc2cccc(C)c2)C(=O)CCC1. The van der Waals surface area contributed by atoms with Crippen molar-refractivity contribution >= 4 is 5.78 Å². The molecule has 0 saturated heterocycles. The summed E-state index contributed by atoms with van der Waals surface area (Å²) in [5.74, 6) is 0.376. The Bertz CT molecular complexity index is 454. The van der Waals surface area contributed by atoms with Crippen molar-refractivity contribution < 1.29 is 4.79 Å². The number of rotatable bonds is 3. The number of ketones is 1. The molecule has 0 aromatic heterocycles. The van der Waals surface area contributed by atoms with Gasteiger partial charge in [-0.25, -0.2) is 0 Å². The summed E-state index contributed by atoms with van der Waals surface area (Å²) in [7, 11) is 0. The van der Waals surface area contributed by atoms with Gasteiger partial charge in [0.05, 0.1) is 0 Å². The zero-order valence-corrected chi connectivity index (χ0v) is 10.8. The van der Waals surface area contributed by atoms with Crippen LogP contribution in [0.5, 0.6) is 0 Å². The molecule has 0 amide bonds. The van der Waals surface area contributed by atoms with E-state index in [1.165, 1.54) is 16.7 Å². The molecule has 1 aliphatic carbocycles. The molecule has 2 rings (SSSR count). The molecule has 17 heavy (non-hydrogen) atoms. The Hall–Kier alpha value is -1.37. The number of aryl methyl sites for hydroxylation is 2. The molecule has 1 aromatic rings. The molecule has 0 unspecified atom stereocenters. The van der Waals surface area contributed by atoms with Gasteiger partial charge < -0.3 is 0 Å². The van der Waals surface area contributed by atoms with E-state index in [1.807, 2.05) is 0 Å². The average Bonchev–Trinajstić information content (AvgIpc) is 2.28. The van der Waals surface area contributed by atoms with Crippen LogP contribution >= 0.6 is 0 Å². The molecule has 0 fully saturated rings. The Morgan fingerprint density at radius 1 is 1.12 bits per heavy atom. The third kappa shape index (κ3) is 3.06. The maximum absolute atomic E-state index is 11.8. The lowest BCUT2D eigenvalue weighted by molar-refractivity contribution is -0.116. The van der Waals surface area contributed by atoms with Crippen LogP contribution in [0.2, 0.25) is 0 Å². The van der Waals surface area contributed by atoms with Gasteiger partial charge in [-0.05, 0) is 50.7 Å². The van der Waals surface area contributed by atoms with Gasteiger partial charge in [0.15, 0.2) is 5.78 Å². The van der Waals surface area contributed by atoms with Crippen LogP contribution in [0.1, 0.15) is 43.7 Å². The maximum atomic E-state index is 11.8. The lowest BCUT2D eigenvalue weighted by atomic mass is 9.88. The Labute approximate surface area is 104 Å². The van der Waals surface area contributed by atoms with E-state index >= 15 is 0 Å². The molecule has 0 atom stereocenters. The highest BCUT2D eigenvalue weighted by molar-refractivity contribution is 5.96. The first-order valence-electron chi connectivity index (χ1n) is 6.44. The van der Waals surface area contributed by atoms with Gasteiger partial charge in [-0.3, -0.25) is 4.79 Å². The molecule has 0 spiro atoms. The minimum absolute atomic E-state index is 0.376. The summed E-state index contributed by atoms with van der Waals surface area (Å²) in [4.78, 5) is 11.8. The minimum Gasteiger partial charge on any atom is -0.295 e. The average molecular weight is 228 g/mol. The van der Waals surface area contributed by atoms with Crippen LogP contribution in [0.3, 0.4) is 0 Å². The summed E-state index contributed by atoms with van der Waals surface area (Å²) in [5.41, 5.74) is 5.04. The predicted octanol–water partition coefficient (Wildman–Crippen LogP) is 4.00. The number of allylic oxidation sites excluding steroid dienone is 2. The van der Waals surface area contributed by atoms with Crippen LogP contribution in [0, 0.1) is 6.92 Å². The van der Waals surface area contributed by atoms with Crippen molar-refractivity contribution in [1.82, 2.24) is 0 Å². The topological polar surface area (TPSA) is 17.1 Å². The highest BCUT2D eigenvalue weighted by Gasteiger charge is 2.17. The second kappa shape index (κ2) is 5.31. The Morgan fingerprint density at radius 2 is 1.94 bits per heavy atom. The molecule has 1 heteroatoms. The molecule has 1 aliphatic rings. The number of hydrogen-bond donors (Lipinski definition) is 0. The van der Waals surface area contributed by atoms with E-state index < -0.39 is 0 Å². The first-order chi connectivity index (χ1) is 8.16. The van der Waals surface area contributed by atoms with E-state index in [4.69, 9.17) is 0 Å². The fraction of sp³-hybridized carbons (Fsp3) is 0.438. The highest BCUT2D eigenvalue weighted by atomic mass is 16.1. The monoisotopic (exact) mass is 228 g/mol. The normalized spacial score (nSPS) is 16.5. The predicted molar refractivity (Wildman–Crippen MR) is 71.1 cm³/mol. The summed E-state index contributed by atoms with van der Waals surface area (Å²) in [5, 5.41) is 0. The summed E-state index contributed by atoms with van der Waals surface area (Å²) in [6.45, 7) is 4.22. The van der Waals surface area contributed by atoms with E-state index in [-0.39, 0.29) is 0 Å². The van der Waals surface area contributed by atoms with E-state index in [0.717, 1.165) is 37.7 Å². The fourth-order valence-electron chi connectivity index (χ4n) is 2.54. The summed E-state index contributed by atoms with van der Waals surface area (Å²) in [6.07, 6.45) is 4.79. The highest BCUT2D eigenvalue weighted by Crippen LogP contribution is 2.25. The number of benzene rings is 1. The quantitative estimate of drug-likeness (QED) is 0.764. The first kappa shape index (κ1) is 12.1. The van der Waals surface area contributed by atoms with E-state index in [2.05, 4.69) is 38.1 Å². The second-order valence-corrected chi connectivity index (χ2v) is 5.02. The number of hydrogen-bond acceptors (Lipinski definition) is 1. The van der Waals surface area contributed by atoms with Crippen molar-refractivity contribution in [3.63, 3.8) is 0 Å². The van der Waals surface area contributed by atoms with Gasteiger partial charge in [0.2, 0.25) is 0 Å². The van der Waals surface area contributed by atoms with E-state index in [1.54, 1.807) is 0 Å². The lowest BCUT2D eigenvalue weighted by Gasteiger charge is -2.16. The van der Waals surface area contributed by atoms with E-state index in [9.17, 15) is 4.79 Å². The van der Waals surface area contributed by atoms with Crippen LogP contribution in [-0.2, 0) is 11.2 Å². The van der Waals surface area contributed by atoms with Gasteiger partial charge in [-0.2, -0.15) is 0 Å². The van der Waals surface area contributed by atoms with Crippen LogP contribution in [0.25, 0.3) is 0 Å². The van der Waals surface area contributed by atoms with Crippen molar-refractivity contribution in [2.75, 3.05) is 0 Å². The van der Waals surface area contributed by atoms with Crippen molar-refractivity contribution in [3.8, 4) is 0 Å². The molecule has 0 bridgehead atoms. The molecule has 0 saturated carbocycles. The summed E-state index contributed by atoms with van der Waals surface area (Å²) >= 11 is 0. The standard InChI is InChI=1S/C16H20O/c1-12-5-3-7-14(11-12)9-10-15-13(2)6-4-8-16(15)17/h3,5,7,11H,4,6,8-10H2,1-2H3. The Morgan fingerprint density at radius 3 is 2.65 bits per heavy atom. The first-order valence-corrected chi connectivity index (χ1v) is 6.44. The molecule has 0 aliphatic heterocycles. The third-order valence-electron chi connectivity index (χ3n) is 3.55. The number of carbonyl (C=O) groups is 1. The molecule has 1 aromatic carbocycles. The zero-order valence-electron chi connectivity index (χ0n) is 10.8. The van der Waals surface area contributed by atoms with Gasteiger partial charge in [-0.15, -0.1) is 0 Å². The van der Waals surface area contributed by atoms with Crippen molar-refractivity contribution in [2.45, 2.75) is 46.0 Å². The molecule has 1 nitrogen and oxygen atoms in total. The van der Waals surface area contributed by atoms with Crippen molar-refractivity contribution in [1.29, 1.82) is 0 Å². The Balaban J connectivity index is 2.05. The number of carbonyl (C=O) groups excluding carboxylic acids is 1. The van der Waals surface area contributed by atoms with Gasteiger partial charge in [-0.1, -0.05) is 35.4 Å². The largest absolute Gasteiger partial charge is 0.295 e. The van der Waals surface area contributed by atoms with Crippen LogP contribution in [0.15, 0.2) is 35.4 Å². The maximum Gasteiger partial charge on any atom is 0.158 e. The molecule has 90 valence electrons. The smallest absolute Gasteiger partial charge is 0.158 e. The molecular weight excluding hydrogens is 208 g/mol. The lowest BCUT2D eigenvalue weighted by Crippen LogP contribution is -2.11. The molecular formula is C16H20O. The Kier molecular flexibility index (Phi) is 3.78. The summed E-state index contributed by atoms with van der Waals surface area (Å²) in [6, 6.07) is 8.56. The van der Waals surface area contributed by atoms with Gasteiger partial charge in [0.25, 0.3) is 0 Å². The van der Waals surface area contributed by atoms with E-state index in [0.29, 0.717) is 5.78 Å². The van der Waals surface area contributed by atoms with Gasteiger partial charge in [0.1, 0.15) is 0 Å². The second-order valence-electron chi connectivity index (χ2n) is 5.02. The fourth-order valence-corrected chi connectivity index (χ4v) is 2.54. The van der Waals surface area contributed by atoms with Crippen molar-refractivity contribution in [2.24, 2.45) is 0 Å². The van der Waals surface area contributed by atoms with Crippen molar-refractivity contribution in [3.05, 3.63) is 46.5 Å². The molecule has 0 radical (unpaired) electrons. The zero-order chi connectivity index (χ0) is 12.3.